The van der Waals surface area contributed by atoms with Crippen LogP contribution >= 0.6 is 0 Å². The minimum Gasteiger partial charge on any atom is -0.467 e. The Morgan fingerprint density at radius 2 is 1.85 bits per heavy atom. The number of hydrogen-bond acceptors (Lipinski definition) is 5. The molecule has 1 saturated heterocycles. The van der Waals surface area contributed by atoms with Gasteiger partial charge in [0, 0.05) is 30.2 Å². The molecule has 2 atom stereocenters. The second kappa shape index (κ2) is 14.5. The molecule has 0 saturated carbocycles. The van der Waals surface area contributed by atoms with Gasteiger partial charge in [-0.25, -0.2) is 4.79 Å². The van der Waals surface area contributed by atoms with Crippen LogP contribution in [0.4, 0.5) is 0 Å². The first-order chi connectivity index (χ1) is 19.9. The molecule has 41 heavy (non-hydrogen) atoms. The van der Waals surface area contributed by atoms with Crippen LogP contribution in [0.5, 0.6) is 0 Å². The van der Waals surface area contributed by atoms with Gasteiger partial charge in [0.25, 0.3) is 0 Å². The lowest BCUT2D eigenvalue weighted by molar-refractivity contribution is -0.152. The summed E-state index contributed by atoms with van der Waals surface area (Å²) in [5.41, 5.74) is 2.85. The number of benzene rings is 2. The molecule has 2 N–H and O–H groups in total. The van der Waals surface area contributed by atoms with Crippen molar-refractivity contribution in [2.24, 2.45) is 0 Å². The van der Waals surface area contributed by atoms with E-state index in [4.69, 9.17) is 4.74 Å². The number of nitrogens with one attached hydrogen (secondary N) is 2. The highest BCUT2D eigenvalue weighted by atomic mass is 16.5. The monoisotopic (exact) mass is 560 g/mol. The van der Waals surface area contributed by atoms with Gasteiger partial charge in [-0.3, -0.25) is 14.4 Å². The number of methoxy groups -OCH3 is 1. The van der Waals surface area contributed by atoms with Gasteiger partial charge in [-0.1, -0.05) is 68.3 Å². The van der Waals surface area contributed by atoms with Crippen LogP contribution in [-0.2, 0) is 36.8 Å². The number of hydrogen-bond donors (Lipinski definition) is 2. The standard InChI is InChI=1S/C32H40N4O5/c1-3-4-14-27(34-29(37)20-24-21-33-26-15-9-8-13-25(24)26)31(39)35(19-17-23-11-6-5-7-12-23)22-30(38)36-18-10-16-28(36)32(40)41-2/h5-9,11-13,15,21,27-28,33H,3-4,10,14,16-20,22H2,1-2H3,(H,34,37)/t27-,28+/m0/s1. The lowest BCUT2D eigenvalue weighted by atomic mass is 10.1. The second-order valence-corrected chi connectivity index (χ2v) is 10.6. The number of ether oxygens (including phenoxy) is 1. The predicted molar refractivity (Wildman–Crippen MR) is 157 cm³/mol. The highest BCUT2D eigenvalue weighted by molar-refractivity contribution is 5.94. The molecule has 2 aromatic carbocycles. The van der Waals surface area contributed by atoms with Crippen LogP contribution < -0.4 is 5.32 Å². The number of fused-ring (bicyclic) bond motifs is 1. The van der Waals surface area contributed by atoms with E-state index in [1.54, 1.807) is 0 Å². The molecule has 1 aliphatic rings. The molecule has 0 unspecified atom stereocenters. The number of rotatable bonds is 13. The van der Waals surface area contributed by atoms with Crippen molar-refractivity contribution in [1.29, 1.82) is 0 Å². The summed E-state index contributed by atoms with van der Waals surface area (Å²) in [6.45, 7) is 2.62. The molecule has 0 radical (unpaired) electrons. The third-order valence-corrected chi connectivity index (χ3v) is 7.70. The van der Waals surface area contributed by atoms with E-state index in [0.717, 1.165) is 34.9 Å². The van der Waals surface area contributed by atoms with Gasteiger partial charge in [-0.2, -0.15) is 0 Å². The van der Waals surface area contributed by atoms with Crippen LogP contribution in [0.2, 0.25) is 0 Å². The SMILES string of the molecule is CCCC[C@H](NC(=O)Cc1c[nH]c2ccccc12)C(=O)N(CCc1ccccc1)CC(=O)N1CCC[C@@H]1C(=O)OC. The number of aromatic amines is 1. The molecule has 1 fully saturated rings. The van der Waals surface area contributed by atoms with E-state index in [1.165, 1.54) is 16.9 Å². The van der Waals surface area contributed by atoms with E-state index in [0.29, 0.717) is 38.8 Å². The maximum absolute atomic E-state index is 14.0. The van der Waals surface area contributed by atoms with Crippen LogP contribution in [0.3, 0.4) is 0 Å². The fraction of sp³-hybridized carbons (Fsp3) is 0.438. The highest BCUT2D eigenvalue weighted by Crippen LogP contribution is 2.20. The Morgan fingerprint density at radius 3 is 2.61 bits per heavy atom. The molecule has 0 spiro atoms. The number of carbonyl (C=O) groups is 4. The third kappa shape index (κ3) is 7.74. The maximum atomic E-state index is 14.0. The number of H-pyrrole nitrogens is 1. The summed E-state index contributed by atoms with van der Waals surface area (Å²) in [4.78, 5) is 59.1. The number of unbranched alkanes of at least 4 members (excludes halogenated alkanes) is 1. The second-order valence-electron chi connectivity index (χ2n) is 10.6. The van der Waals surface area contributed by atoms with Crippen molar-refractivity contribution < 1.29 is 23.9 Å². The molecule has 2 heterocycles. The van der Waals surface area contributed by atoms with Gasteiger partial charge in [0.2, 0.25) is 17.7 Å². The lowest BCUT2D eigenvalue weighted by Gasteiger charge is -2.30. The van der Waals surface area contributed by atoms with Gasteiger partial charge in [0.15, 0.2) is 0 Å². The van der Waals surface area contributed by atoms with Crippen molar-refractivity contribution in [3.63, 3.8) is 0 Å². The zero-order valence-corrected chi connectivity index (χ0v) is 23.9. The molecule has 218 valence electrons. The van der Waals surface area contributed by atoms with Gasteiger partial charge < -0.3 is 24.8 Å². The van der Waals surface area contributed by atoms with E-state index in [-0.39, 0.29) is 30.7 Å². The Kier molecular flexibility index (Phi) is 10.5. The van der Waals surface area contributed by atoms with Crippen molar-refractivity contribution in [3.8, 4) is 0 Å². The van der Waals surface area contributed by atoms with E-state index in [9.17, 15) is 19.2 Å². The van der Waals surface area contributed by atoms with Gasteiger partial charge in [-0.15, -0.1) is 0 Å². The minimum absolute atomic E-state index is 0.136. The molecule has 0 aliphatic carbocycles. The molecular formula is C32H40N4O5. The highest BCUT2D eigenvalue weighted by Gasteiger charge is 2.36. The summed E-state index contributed by atoms with van der Waals surface area (Å²) in [6.07, 6.45) is 5.85. The Morgan fingerprint density at radius 1 is 1.10 bits per heavy atom. The van der Waals surface area contributed by atoms with Crippen LogP contribution in [0.1, 0.15) is 50.2 Å². The smallest absolute Gasteiger partial charge is 0.328 e. The third-order valence-electron chi connectivity index (χ3n) is 7.70. The summed E-state index contributed by atoms with van der Waals surface area (Å²) in [7, 11) is 1.32. The Bertz CT molecular complexity index is 1340. The first-order valence-electron chi connectivity index (χ1n) is 14.5. The van der Waals surface area contributed by atoms with E-state index in [2.05, 4.69) is 10.3 Å². The fourth-order valence-corrected chi connectivity index (χ4v) is 5.46. The quantitative estimate of drug-likeness (QED) is 0.310. The topological polar surface area (TPSA) is 112 Å². The largest absolute Gasteiger partial charge is 0.467 e. The first kappa shape index (κ1) is 29.8. The van der Waals surface area contributed by atoms with E-state index >= 15 is 0 Å². The average molecular weight is 561 g/mol. The minimum atomic E-state index is -0.758. The van der Waals surface area contributed by atoms with Crippen LogP contribution in [0.25, 0.3) is 10.9 Å². The normalized spacial score (nSPS) is 15.5. The number of carbonyl (C=O) groups excluding carboxylic acids is 4. The summed E-state index contributed by atoms with van der Waals surface area (Å²) in [5, 5.41) is 3.94. The zero-order chi connectivity index (χ0) is 29.2. The van der Waals surface area contributed by atoms with Gasteiger partial charge in [0.05, 0.1) is 20.1 Å². The number of likely N-dealkylation sites (tertiary alicyclic amines) is 1. The van der Waals surface area contributed by atoms with Crippen molar-refractivity contribution in [3.05, 3.63) is 71.9 Å². The Hall–Kier alpha value is -4.14. The zero-order valence-electron chi connectivity index (χ0n) is 23.9. The predicted octanol–water partition coefficient (Wildman–Crippen LogP) is 3.62. The number of aromatic nitrogens is 1. The van der Waals surface area contributed by atoms with Crippen molar-refractivity contribution in [2.75, 3.05) is 26.7 Å². The van der Waals surface area contributed by atoms with Crippen molar-refractivity contribution >= 4 is 34.6 Å². The molecule has 9 heteroatoms. The molecular weight excluding hydrogens is 520 g/mol. The van der Waals surface area contributed by atoms with Crippen LogP contribution in [0, 0.1) is 0 Å². The fourth-order valence-electron chi connectivity index (χ4n) is 5.46. The first-order valence-corrected chi connectivity index (χ1v) is 14.5. The summed E-state index contributed by atoms with van der Waals surface area (Å²) in [6, 6.07) is 16.2. The van der Waals surface area contributed by atoms with E-state index in [1.807, 2.05) is 67.7 Å². The number of para-hydroxylation sites is 1. The summed E-state index contributed by atoms with van der Waals surface area (Å²) >= 11 is 0. The van der Waals surface area contributed by atoms with Crippen molar-refractivity contribution in [1.82, 2.24) is 20.1 Å². The van der Waals surface area contributed by atoms with Gasteiger partial charge >= 0.3 is 5.97 Å². The molecule has 9 nitrogen and oxygen atoms in total. The summed E-state index contributed by atoms with van der Waals surface area (Å²) in [5.74, 6) is -1.27. The number of nitrogens with zero attached hydrogens (tertiary/aromatic N) is 2. The van der Waals surface area contributed by atoms with Gasteiger partial charge in [-0.05, 0) is 42.9 Å². The molecule has 1 aliphatic heterocycles. The Labute approximate surface area is 241 Å². The Balaban J connectivity index is 1.50. The molecule has 3 aromatic rings. The lowest BCUT2D eigenvalue weighted by Crippen LogP contribution is -2.53. The van der Waals surface area contributed by atoms with Gasteiger partial charge in [0.1, 0.15) is 12.1 Å². The maximum Gasteiger partial charge on any atom is 0.328 e. The van der Waals surface area contributed by atoms with Crippen LogP contribution in [-0.4, -0.2) is 77.3 Å². The van der Waals surface area contributed by atoms with E-state index < -0.39 is 18.1 Å². The molecule has 1 aromatic heterocycles. The number of esters is 1. The van der Waals surface area contributed by atoms with Crippen molar-refractivity contribution in [2.45, 2.75) is 64.0 Å². The summed E-state index contributed by atoms with van der Waals surface area (Å²) < 4.78 is 4.91. The molecule has 4 rings (SSSR count). The molecule has 3 amide bonds. The van der Waals surface area contributed by atoms with Crippen LogP contribution in [0.15, 0.2) is 60.8 Å². The molecule has 0 bridgehead atoms. The average Bonchev–Trinajstić information content (AvgIpc) is 3.65. The number of amides is 3.